The van der Waals surface area contributed by atoms with Gasteiger partial charge in [-0.3, -0.25) is 9.88 Å². The van der Waals surface area contributed by atoms with E-state index in [2.05, 4.69) is 34.0 Å². The Morgan fingerprint density at radius 2 is 1.95 bits per heavy atom. The summed E-state index contributed by atoms with van der Waals surface area (Å²) in [4.78, 5) is 11.3. The molecule has 1 N–H and O–H groups in total. The number of ether oxygens (including phenoxy) is 1. The van der Waals surface area contributed by atoms with Gasteiger partial charge in [0.15, 0.2) is 0 Å². The predicted octanol–water partition coefficient (Wildman–Crippen LogP) is 2.39. The predicted molar refractivity (Wildman–Crippen MR) is 85.7 cm³/mol. The van der Waals surface area contributed by atoms with Crippen LogP contribution in [0.2, 0.25) is 0 Å². The SMILES string of the molecule is Cc1cnc(C)c(NCCCCN2CC(C)OC(C)C2)n1. The van der Waals surface area contributed by atoms with Gasteiger partial charge in [-0.15, -0.1) is 0 Å². The van der Waals surface area contributed by atoms with Crippen molar-refractivity contribution in [2.45, 2.75) is 52.7 Å². The zero-order valence-corrected chi connectivity index (χ0v) is 13.7. The number of morpholine rings is 1. The molecule has 118 valence electrons. The van der Waals surface area contributed by atoms with E-state index in [1.807, 2.05) is 13.8 Å². The van der Waals surface area contributed by atoms with Crippen molar-refractivity contribution in [3.05, 3.63) is 17.6 Å². The van der Waals surface area contributed by atoms with Crippen LogP contribution in [0.3, 0.4) is 0 Å². The van der Waals surface area contributed by atoms with Crippen LogP contribution in [-0.2, 0) is 4.74 Å². The molecule has 5 heteroatoms. The molecule has 2 unspecified atom stereocenters. The Bertz CT molecular complexity index is 442. The standard InChI is InChI=1S/C16H28N4O/c1-12-9-18-15(4)16(19-12)17-7-5-6-8-20-10-13(2)21-14(3)11-20/h9,13-14H,5-8,10-11H2,1-4H3,(H,17,19). The van der Waals surface area contributed by atoms with Crippen LogP contribution in [0.4, 0.5) is 5.82 Å². The van der Waals surface area contributed by atoms with Gasteiger partial charge in [0.05, 0.1) is 23.6 Å². The number of aromatic nitrogens is 2. The van der Waals surface area contributed by atoms with Crippen molar-refractivity contribution in [2.75, 3.05) is 31.5 Å². The van der Waals surface area contributed by atoms with Crippen LogP contribution >= 0.6 is 0 Å². The fourth-order valence-electron chi connectivity index (χ4n) is 2.84. The second kappa shape index (κ2) is 7.71. The number of nitrogens with one attached hydrogen (secondary N) is 1. The molecule has 1 aromatic heterocycles. The Morgan fingerprint density at radius 3 is 2.67 bits per heavy atom. The summed E-state index contributed by atoms with van der Waals surface area (Å²) in [6, 6.07) is 0. The molecular formula is C16H28N4O. The Labute approximate surface area is 128 Å². The van der Waals surface area contributed by atoms with Crippen LogP contribution in [0.25, 0.3) is 0 Å². The summed E-state index contributed by atoms with van der Waals surface area (Å²) in [5, 5.41) is 3.39. The van der Waals surface area contributed by atoms with Crippen LogP contribution in [-0.4, -0.2) is 53.3 Å². The molecule has 1 saturated heterocycles. The van der Waals surface area contributed by atoms with E-state index in [0.29, 0.717) is 12.2 Å². The summed E-state index contributed by atoms with van der Waals surface area (Å²) < 4.78 is 5.76. The number of rotatable bonds is 6. The van der Waals surface area contributed by atoms with Crippen molar-refractivity contribution in [2.24, 2.45) is 0 Å². The lowest BCUT2D eigenvalue weighted by Crippen LogP contribution is -2.45. The van der Waals surface area contributed by atoms with Crippen molar-refractivity contribution in [1.82, 2.24) is 14.9 Å². The van der Waals surface area contributed by atoms with Crippen molar-refractivity contribution in [1.29, 1.82) is 0 Å². The molecule has 1 fully saturated rings. The number of hydrogen-bond donors (Lipinski definition) is 1. The minimum atomic E-state index is 0.358. The highest BCUT2D eigenvalue weighted by Crippen LogP contribution is 2.12. The minimum absolute atomic E-state index is 0.358. The topological polar surface area (TPSA) is 50.3 Å². The molecule has 0 spiro atoms. The molecule has 1 aliphatic heterocycles. The fourth-order valence-corrected chi connectivity index (χ4v) is 2.84. The highest BCUT2D eigenvalue weighted by atomic mass is 16.5. The molecule has 0 aromatic carbocycles. The second-order valence-electron chi connectivity index (χ2n) is 6.10. The van der Waals surface area contributed by atoms with Gasteiger partial charge in [0.25, 0.3) is 0 Å². The molecule has 0 saturated carbocycles. The fraction of sp³-hybridized carbons (Fsp3) is 0.750. The largest absolute Gasteiger partial charge is 0.373 e. The number of nitrogens with zero attached hydrogens (tertiary/aromatic N) is 3. The molecular weight excluding hydrogens is 264 g/mol. The van der Waals surface area contributed by atoms with Gasteiger partial charge < -0.3 is 10.1 Å². The average Bonchev–Trinajstić information content (AvgIpc) is 2.41. The minimum Gasteiger partial charge on any atom is -0.373 e. The molecule has 0 radical (unpaired) electrons. The molecule has 2 atom stereocenters. The first-order valence-corrected chi connectivity index (χ1v) is 7.96. The highest BCUT2D eigenvalue weighted by Gasteiger charge is 2.21. The van der Waals surface area contributed by atoms with Crippen LogP contribution in [0, 0.1) is 13.8 Å². The first-order chi connectivity index (χ1) is 10.0. The Morgan fingerprint density at radius 1 is 1.24 bits per heavy atom. The van der Waals surface area contributed by atoms with Crippen molar-refractivity contribution in [3.8, 4) is 0 Å². The van der Waals surface area contributed by atoms with Crippen LogP contribution in [0.15, 0.2) is 6.20 Å². The molecule has 1 aromatic rings. The van der Waals surface area contributed by atoms with Gasteiger partial charge in [0, 0.05) is 25.8 Å². The summed E-state index contributed by atoms with van der Waals surface area (Å²) >= 11 is 0. The number of aryl methyl sites for hydroxylation is 2. The van der Waals surface area contributed by atoms with Crippen LogP contribution in [0.5, 0.6) is 0 Å². The first-order valence-electron chi connectivity index (χ1n) is 7.96. The Kier molecular flexibility index (Phi) is 5.94. The normalized spacial score (nSPS) is 23.2. The number of unbranched alkanes of at least 4 members (excludes halogenated alkanes) is 1. The van der Waals surface area contributed by atoms with E-state index in [1.165, 1.54) is 6.42 Å². The highest BCUT2D eigenvalue weighted by molar-refractivity contribution is 5.39. The summed E-state index contributed by atoms with van der Waals surface area (Å²) in [6.45, 7) is 12.5. The average molecular weight is 292 g/mol. The van der Waals surface area contributed by atoms with Crippen LogP contribution in [0.1, 0.15) is 38.1 Å². The third kappa shape index (κ3) is 5.25. The number of hydrogen-bond acceptors (Lipinski definition) is 5. The van der Waals surface area contributed by atoms with Crippen molar-refractivity contribution < 1.29 is 4.74 Å². The quantitative estimate of drug-likeness (QED) is 0.816. The summed E-state index contributed by atoms with van der Waals surface area (Å²) in [7, 11) is 0. The van der Waals surface area contributed by atoms with Gasteiger partial charge in [0.1, 0.15) is 5.82 Å². The lowest BCUT2D eigenvalue weighted by Gasteiger charge is -2.35. The maximum Gasteiger partial charge on any atom is 0.147 e. The van der Waals surface area contributed by atoms with Gasteiger partial charge in [-0.25, -0.2) is 4.98 Å². The second-order valence-corrected chi connectivity index (χ2v) is 6.10. The van der Waals surface area contributed by atoms with E-state index in [0.717, 1.165) is 49.8 Å². The summed E-state index contributed by atoms with van der Waals surface area (Å²) in [5.74, 6) is 0.920. The van der Waals surface area contributed by atoms with Crippen molar-refractivity contribution >= 4 is 5.82 Å². The molecule has 0 bridgehead atoms. The smallest absolute Gasteiger partial charge is 0.147 e. The van der Waals surface area contributed by atoms with E-state index in [9.17, 15) is 0 Å². The van der Waals surface area contributed by atoms with Crippen molar-refractivity contribution in [3.63, 3.8) is 0 Å². The third-order valence-electron chi connectivity index (χ3n) is 3.76. The molecule has 0 amide bonds. The van der Waals surface area contributed by atoms with Crippen LogP contribution < -0.4 is 5.32 Å². The monoisotopic (exact) mass is 292 g/mol. The lowest BCUT2D eigenvalue weighted by molar-refractivity contribution is -0.0681. The van der Waals surface area contributed by atoms with Gasteiger partial charge in [-0.2, -0.15) is 0 Å². The maximum atomic E-state index is 5.76. The molecule has 0 aliphatic carbocycles. The number of anilines is 1. The lowest BCUT2D eigenvalue weighted by atomic mass is 10.2. The van der Waals surface area contributed by atoms with E-state index >= 15 is 0 Å². The summed E-state index contributed by atoms with van der Waals surface area (Å²) in [5.41, 5.74) is 1.93. The zero-order chi connectivity index (χ0) is 15.2. The molecule has 1 aliphatic rings. The third-order valence-corrected chi connectivity index (χ3v) is 3.76. The molecule has 2 rings (SSSR count). The zero-order valence-electron chi connectivity index (χ0n) is 13.7. The molecule has 2 heterocycles. The van der Waals surface area contributed by atoms with E-state index < -0.39 is 0 Å². The van der Waals surface area contributed by atoms with E-state index in [4.69, 9.17) is 4.74 Å². The Balaban J connectivity index is 1.65. The molecule has 21 heavy (non-hydrogen) atoms. The molecule has 5 nitrogen and oxygen atoms in total. The van der Waals surface area contributed by atoms with Gasteiger partial charge in [-0.05, 0) is 47.1 Å². The van der Waals surface area contributed by atoms with Gasteiger partial charge in [-0.1, -0.05) is 0 Å². The van der Waals surface area contributed by atoms with E-state index in [-0.39, 0.29) is 0 Å². The van der Waals surface area contributed by atoms with Gasteiger partial charge in [0.2, 0.25) is 0 Å². The first kappa shape index (κ1) is 16.2. The van der Waals surface area contributed by atoms with Gasteiger partial charge >= 0.3 is 0 Å². The Hall–Kier alpha value is -1.20. The summed E-state index contributed by atoms with van der Waals surface area (Å²) in [6.07, 6.45) is 4.87. The maximum absolute atomic E-state index is 5.76. The van der Waals surface area contributed by atoms with E-state index in [1.54, 1.807) is 6.20 Å².